The van der Waals surface area contributed by atoms with E-state index in [0.717, 1.165) is 24.0 Å². The van der Waals surface area contributed by atoms with Gasteiger partial charge in [-0.3, -0.25) is 4.79 Å². The van der Waals surface area contributed by atoms with E-state index in [1.807, 2.05) is 36.1 Å². The average Bonchev–Trinajstić information content (AvgIpc) is 2.62. The Hall–Kier alpha value is -2.08. The molecule has 2 aliphatic heterocycles. The minimum absolute atomic E-state index is 0.0236. The van der Waals surface area contributed by atoms with Gasteiger partial charge in [0.05, 0.1) is 0 Å². The van der Waals surface area contributed by atoms with Gasteiger partial charge in [0.15, 0.2) is 0 Å². The van der Waals surface area contributed by atoms with Crippen molar-refractivity contribution in [3.05, 3.63) is 35.4 Å². The summed E-state index contributed by atoms with van der Waals surface area (Å²) in [4.78, 5) is 28.5. The van der Waals surface area contributed by atoms with Crippen LogP contribution in [0.25, 0.3) is 0 Å². The number of urea groups is 1. The number of nitrogens with one attached hydrogen (secondary N) is 1. The molecule has 0 bridgehead atoms. The molecular weight excluding hydrogens is 306 g/mol. The minimum atomic E-state index is -0.0236. The average molecular weight is 331 g/mol. The van der Waals surface area contributed by atoms with Crippen LogP contribution in [0, 0.1) is 6.92 Å². The van der Waals surface area contributed by atoms with Gasteiger partial charge in [-0.25, -0.2) is 4.79 Å². The molecule has 2 fully saturated rings. The molecule has 0 spiro atoms. The lowest BCUT2D eigenvalue weighted by Crippen LogP contribution is -2.55. The Morgan fingerprint density at radius 3 is 2.42 bits per heavy atom. The molecule has 2 aliphatic rings. The van der Waals surface area contributed by atoms with Crippen LogP contribution in [0.3, 0.4) is 0 Å². The van der Waals surface area contributed by atoms with Gasteiger partial charge in [-0.05, 0) is 31.9 Å². The smallest absolute Gasteiger partial charge is 0.317 e. The number of ether oxygens (including phenoxy) is 1. The third-order valence-corrected chi connectivity index (χ3v) is 4.67. The molecule has 1 aromatic carbocycles. The molecule has 2 heterocycles. The molecule has 0 unspecified atom stereocenters. The highest BCUT2D eigenvalue weighted by Gasteiger charge is 2.26. The summed E-state index contributed by atoms with van der Waals surface area (Å²) in [5, 5.41) is 3.08. The lowest BCUT2D eigenvalue weighted by atomic mass is 10.1. The molecule has 2 saturated heterocycles. The number of hydrogen-bond acceptors (Lipinski definition) is 3. The Morgan fingerprint density at radius 1 is 1.08 bits per heavy atom. The van der Waals surface area contributed by atoms with Crippen molar-refractivity contribution in [1.82, 2.24) is 15.1 Å². The predicted octanol–water partition coefficient (Wildman–Crippen LogP) is 1.64. The van der Waals surface area contributed by atoms with Crippen LogP contribution in [-0.2, 0) is 4.74 Å². The van der Waals surface area contributed by atoms with Gasteiger partial charge >= 0.3 is 6.03 Å². The fourth-order valence-corrected chi connectivity index (χ4v) is 3.18. The van der Waals surface area contributed by atoms with Gasteiger partial charge in [-0.15, -0.1) is 0 Å². The summed E-state index contributed by atoms with van der Waals surface area (Å²) in [5.74, 6) is 0.0446. The van der Waals surface area contributed by atoms with Crippen LogP contribution in [0.4, 0.5) is 4.79 Å². The van der Waals surface area contributed by atoms with Crippen molar-refractivity contribution in [3.63, 3.8) is 0 Å². The van der Waals surface area contributed by atoms with Crippen molar-refractivity contribution in [1.29, 1.82) is 0 Å². The third-order valence-electron chi connectivity index (χ3n) is 4.67. The first-order valence-corrected chi connectivity index (χ1v) is 8.62. The number of nitrogens with zero attached hydrogens (tertiary/aromatic N) is 2. The largest absolute Gasteiger partial charge is 0.381 e. The zero-order chi connectivity index (χ0) is 16.9. The molecule has 6 heteroatoms. The number of carbonyl (C=O) groups is 2. The molecule has 130 valence electrons. The van der Waals surface area contributed by atoms with Crippen LogP contribution < -0.4 is 5.32 Å². The van der Waals surface area contributed by atoms with E-state index in [0.29, 0.717) is 39.4 Å². The van der Waals surface area contributed by atoms with Crippen molar-refractivity contribution in [2.24, 2.45) is 0 Å². The topological polar surface area (TPSA) is 61.9 Å². The molecular formula is C18H25N3O3. The highest BCUT2D eigenvalue weighted by Crippen LogP contribution is 2.12. The fourth-order valence-electron chi connectivity index (χ4n) is 3.18. The number of aryl methyl sites for hydroxylation is 1. The Labute approximate surface area is 142 Å². The van der Waals surface area contributed by atoms with Gasteiger partial charge in [-0.1, -0.05) is 17.7 Å². The molecule has 0 aliphatic carbocycles. The van der Waals surface area contributed by atoms with Gasteiger partial charge in [-0.2, -0.15) is 0 Å². The number of hydrogen-bond donors (Lipinski definition) is 1. The second-order valence-electron chi connectivity index (χ2n) is 6.48. The van der Waals surface area contributed by atoms with E-state index in [1.165, 1.54) is 0 Å². The van der Waals surface area contributed by atoms with Crippen molar-refractivity contribution in [2.75, 3.05) is 39.4 Å². The summed E-state index contributed by atoms with van der Waals surface area (Å²) in [6.45, 7) is 5.71. The normalized spacial score (nSPS) is 19.2. The summed E-state index contributed by atoms with van der Waals surface area (Å²) in [6.07, 6.45) is 1.75. The van der Waals surface area contributed by atoms with Gasteiger partial charge in [0.2, 0.25) is 0 Å². The van der Waals surface area contributed by atoms with E-state index in [9.17, 15) is 9.59 Å². The first-order chi connectivity index (χ1) is 11.6. The van der Waals surface area contributed by atoms with Gasteiger partial charge < -0.3 is 19.9 Å². The van der Waals surface area contributed by atoms with Crippen LogP contribution in [0.2, 0.25) is 0 Å². The number of carbonyl (C=O) groups excluding carboxylic acids is 2. The first kappa shape index (κ1) is 16.8. The highest BCUT2D eigenvalue weighted by atomic mass is 16.5. The molecule has 1 N–H and O–H groups in total. The fraction of sp³-hybridized carbons (Fsp3) is 0.556. The summed E-state index contributed by atoms with van der Waals surface area (Å²) in [5.41, 5.74) is 1.80. The molecule has 6 nitrogen and oxygen atoms in total. The lowest BCUT2D eigenvalue weighted by molar-refractivity contribution is 0.0638. The van der Waals surface area contributed by atoms with Crippen molar-refractivity contribution in [2.45, 2.75) is 25.8 Å². The van der Waals surface area contributed by atoms with Crippen LogP contribution in [0.1, 0.15) is 28.8 Å². The van der Waals surface area contributed by atoms with Crippen molar-refractivity contribution in [3.8, 4) is 0 Å². The molecule has 0 radical (unpaired) electrons. The summed E-state index contributed by atoms with van der Waals surface area (Å²) < 4.78 is 5.31. The predicted molar refractivity (Wildman–Crippen MR) is 91.0 cm³/mol. The molecule has 0 atom stereocenters. The van der Waals surface area contributed by atoms with E-state index in [-0.39, 0.29) is 18.0 Å². The Bertz CT molecular complexity index is 591. The number of piperazine rings is 1. The zero-order valence-electron chi connectivity index (χ0n) is 14.2. The number of benzene rings is 1. The van der Waals surface area contributed by atoms with Crippen molar-refractivity contribution >= 4 is 11.9 Å². The van der Waals surface area contributed by atoms with E-state index >= 15 is 0 Å². The van der Waals surface area contributed by atoms with Crippen LogP contribution >= 0.6 is 0 Å². The molecule has 3 amide bonds. The van der Waals surface area contributed by atoms with Crippen molar-refractivity contribution < 1.29 is 14.3 Å². The maximum atomic E-state index is 12.5. The number of rotatable bonds is 2. The number of amides is 3. The van der Waals surface area contributed by atoms with E-state index in [1.54, 1.807) is 4.90 Å². The maximum Gasteiger partial charge on any atom is 0.317 e. The van der Waals surface area contributed by atoms with E-state index in [2.05, 4.69) is 5.32 Å². The monoisotopic (exact) mass is 331 g/mol. The van der Waals surface area contributed by atoms with E-state index in [4.69, 9.17) is 4.74 Å². The van der Waals surface area contributed by atoms with Gasteiger partial charge in [0, 0.05) is 51.0 Å². The quantitative estimate of drug-likeness (QED) is 0.896. The van der Waals surface area contributed by atoms with Crippen LogP contribution in [0.15, 0.2) is 24.3 Å². The first-order valence-electron chi connectivity index (χ1n) is 8.62. The molecule has 0 aromatic heterocycles. The summed E-state index contributed by atoms with van der Waals surface area (Å²) in [7, 11) is 0. The summed E-state index contributed by atoms with van der Waals surface area (Å²) in [6, 6.07) is 7.82. The Balaban J connectivity index is 1.50. The standard InChI is InChI=1S/C18H25N3O3/c1-14-3-2-4-15(13-14)17(22)20-7-9-21(10-8-20)18(23)19-16-5-11-24-12-6-16/h2-4,13,16H,5-12H2,1H3,(H,19,23). The molecule has 1 aromatic rings. The van der Waals surface area contributed by atoms with Gasteiger partial charge in [0.1, 0.15) is 0 Å². The van der Waals surface area contributed by atoms with Gasteiger partial charge in [0.25, 0.3) is 5.91 Å². The second-order valence-corrected chi connectivity index (χ2v) is 6.48. The Morgan fingerprint density at radius 2 is 1.75 bits per heavy atom. The summed E-state index contributed by atoms with van der Waals surface area (Å²) >= 11 is 0. The third kappa shape index (κ3) is 4.06. The highest BCUT2D eigenvalue weighted by molar-refractivity contribution is 5.94. The Kier molecular flexibility index (Phi) is 5.35. The van der Waals surface area contributed by atoms with E-state index < -0.39 is 0 Å². The second kappa shape index (κ2) is 7.66. The zero-order valence-corrected chi connectivity index (χ0v) is 14.2. The SMILES string of the molecule is Cc1cccc(C(=O)N2CCN(C(=O)NC3CCOCC3)CC2)c1. The maximum absolute atomic E-state index is 12.5. The molecule has 24 heavy (non-hydrogen) atoms. The van der Waals surface area contributed by atoms with Crippen LogP contribution in [-0.4, -0.2) is 67.2 Å². The van der Waals surface area contributed by atoms with Crippen LogP contribution in [0.5, 0.6) is 0 Å². The molecule has 0 saturated carbocycles. The molecule has 3 rings (SSSR count). The lowest BCUT2D eigenvalue weighted by Gasteiger charge is -2.36. The minimum Gasteiger partial charge on any atom is -0.381 e.